The molecule has 0 radical (unpaired) electrons. The van der Waals surface area contributed by atoms with E-state index in [1.165, 1.54) is 29.2 Å². The Labute approximate surface area is 221 Å². The summed E-state index contributed by atoms with van der Waals surface area (Å²) in [6, 6.07) is 5.15. The summed E-state index contributed by atoms with van der Waals surface area (Å²) < 4.78 is 36.7. The first kappa shape index (κ1) is 26.2. The van der Waals surface area contributed by atoms with E-state index in [1.54, 1.807) is 26.3 Å². The molecule has 5 rings (SSSR count). The number of halogens is 2. The quantitative estimate of drug-likeness (QED) is 0.427. The fourth-order valence-corrected chi connectivity index (χ4v) is 4.92. The number of likely N-dealkylation sites (tertiary alicyclic amines) is 1. The highest BCUT2D eigenvalue weighted by Gasteiger charge is 2.30. The van der Waals surface area contributed by atoms with E-state index in [-0.39, 0.29) is 23.8 Å². The first-order chi connectivity index (χ1) is 18.2. The van der Waals surface area contributed by atoms with Crippen LogP contribution in [0, 0.1) is 18.7 Å². The fraction of sp³-hybridized carbons (Fsp3) is 0.464. The van der Waals surface area contributed by atoms with Gasteiger partial charge in [-0.3, -0.25) is 9.69 Å². The summed E-state index contributed by atoms with van der Waals surface area (Å²) >= 11 is 0. The Morgan fingerprint density at radius 3 is 2.66 bits per heavy atom. The fourth-order valence-electron chi connectivity index (χ4n) is 4.92. The van der Waals surface area contributed by atoms with Crippen molar-refractivity contribution in [1.82, 2.24) is 25.0 Å². The van der Waals surface area contributed by atoms with Gasteiger partial charge in [0.25, 0.3) is 5.91 Å². The van der Waals surface area contributed by atoms with Gasteiger partial charge in [-0.2, -0.15) is 9.49 Å². The summed E-state index contributed by atoms with van der Waals surface area (Å²) in [4.78, 5) is 18.9. The number of carbonyl (C=O) groups excluding carboxylic acids is 1. The molecule has 10 heteroatoms. The van der Waals surface area contributed by atoms with Crippen LogP contribution in [0.25, 0.3) is 16.8 Å². The lowest BCUT2D eigenvalue weighted by Gasteiger charge is -2.40. The van der Waals surface area contributed by atoms with Gasteiger partial charge in [0.2, 0.25) is 5.95 Å². The number of anilines is 1. The third-order valence-corrected chi connectivity index (χ3v) is 7.40. The van der Waals surface area contributed by atoms with E-state index in [2.05, 4.69) is 39.5 Å². The molecule has 2 aliphatic rings. The third kappa shape index (κ3) is 5.56. The van der Waals surface area contributed by atoms with Gasteiger partial charge in [-0.25, -0.2) is 14.1 Å². The highest BCUT2D eigenvalue weighted by molar-refractivity contribution is 5.95. The molecule has 1 saturated carbocycles. The zero-order valence-electron chi connectivity index (χ0n) is 22.2. The Kier molecular flexibility index (Phi) is 7.45. The van der Waals surface area contributed by atoms with Gasteiger partial charge in [0.15, 0.2) is 0 Å². The van der Waals surface area contributed by atoms with Gasteiger partial charge in [0, 0.05) is 49.6 Å². The van der Waals surface area contributed by atoms with Crippen molar-refractivity contribution in [3.63, 3.8) is 0 Å². The molecule has 0 unspecified atom stereocenters. The second-order valence-electron chi connectivity index (χ2n) is 10.5. The van der Waals surface area contributed by atoms with Gasteiger partial charge < -0.3 is 15.4 Å². The zero-order valence-corrected chi connectivity index (χ0v) is 22.2. The minimum absolute atomic E-state index is 0.00448. The highest BCUT2D eigenvalue weighted by atomic mass is 19.1. The second-order valence-corrected chi connectivity index (χ2v) is 10.5. The largest absolute Gasteiger partial charge is 0.378 e. The van der Waals surface area contributed by atoms with E-state index in [1.807, 2.05) is 0 Å². The number of ether oxygens (including phenoxy) is 1. The molecule has 1 amide bonds. The number of pyridine rings is 1. The van der Waals surface area contributed by atoms with E-state index in [0.717, 1.165) is 32.4 Å². The molecule has 2 atom stereocenters. The average Bonchev–Trinajstić information content (AvgIpc) is 3.57. The number of hydrogen-bond donors (Lipinski definition) is 2. The van der Waals surface area contributed by atoms with E-state index in [9.17, 15) is 13.6 Å². The van der Waals surface area contributed by atoms with Crippen LogP contribution in [0.1, 0.15) is 49.0 Å². The number of aryl methyl sites for hydroxylation is 1. The van der Waals surface area contributed by atoms with Crippen LogP contribution in [0.3, 0.4) is 0 Å². The number of amides is 1. The Morgan fingerprint density at radius 2 is 1.95 bits per heavy atom. The maximum atomic E-state index is 14.8. The molecule has 8 nitrogen and oxygen atoms in total. The van der Waals surface area contributed by atoms with Gasteiger partial charge in [-0.15, -0.1) is 0 Å². The molecule has 1 aromatic carbocycles. The number of benzene rings is 1. The lowest BCUT2D eigenvalue weighted by molar-refractivity contribution is 0.0116. The van der Waals surface area contributed by atoms with Crippen molar-refractivity contribution in [2.45, 2.75) is 64.3 Å². The SMILES string of the molecule is CO[C@@H]1CN(C(C)C)CC[C@@H]1Nc1cnc(F)c(-c2cnn(-c3cc(C(=O)NC4CC4)c(F)cc3C)c2)c1. The molecule has 2 fully saturated rings. The number of methoxy groups -OCH3 is 1. The summed E-state index contributed by atoms with van der Waals surface area (Å²) in [6.07, 6.45) is 7.38. The summed E-state index contributed by atoms with van der Waals surface area (Å²) in [5.41, 5.74) is 2.61. The van der Waals surface area contributed by atoms with E-state index >= 15 is 0 Å². The summed E-state index contributed by atoms with van der Waals surface area (Å²) in [5, 5.41) is 10.7. The van der Waals surface area contributed by atoms with Gasteiger partial charge in [0.1, 0.15) is 5.82 Å². The molecule has 0 bridgehead atoms. The smallest absolute Gasteiger partial charge is 0.254 e. The normalized spacial score (nSPS) is 20.1. The number of hydrogen-bond acceptors (Lipinski definition) is 6. The standard InChI is InChI=1S/C28H34F2N6O2/c1-16(2)35-8-7-24(26(15-35)38-4)33-20-10-21(27(30)31-13-20)18-12-32-36(14-18)25-11-22(23(29)9-17(25)3)28(37)34-19-5-6-19/h9-14,16,19,24,26,33H,5-8,15H2,1-4H3,(H,34,37)/t24-,26+/m0/s1. The van der Waals surface area contributed by atoms with Crippen molar-refractivity contribution in [1.29, 1.82) is 0 Å². The Morgan fingerprint density at radius 1 is 1.16 bits per heavy atom. The molecule has 1 saturated heterocycles. The summed E-state index contributed by atoms with van der Waals surface area (Å²) in [7, 11) is 1.71. The Bertz CT molecular complexity index is 1320. The first-order valence-electron chi connectivity index (χ1n) is 13.1. The molecule has 38 heavy (non-hydrogen) atoms. The molecule has 1 aliphatic heterocycles. The minimum atomic E-state index is -0.617. The number of aromatic nitrogens is 3. The topological polar surface area (TPSA) is 84.3 Å². The molecule has 3 heterocycles. The van der Waals surface area contributed by atoms with Crippen LogP contribution >= 0.6 is 0 Å². The van der Waals surface area contributed by atoms with Crippen molar-refractivity contribution in [3.8, 4) is 16.8 Å². The predicted molar refractivity (Wildman–Crippen MR) is 141 cm³/mol. The molecule has 0 spiro atoms. The molecule has 1 aliphatic carbocycles. The van der Waals surface area contributed by atoms with E-state index in [4.69, 9.17) is 4.74 Å². The van der Waals surface area contributed by atoms with Crippen molar-refractivity contribution in [3.05, 3.63) is 59.7 Å². The number of nitrogens with zero attached hydrogens (tertiary/aromatic N) is 4. The molecule has 2 N–H and O–H groups in total. The second kappa shape index (κ2) is 10.8. The van der Waals surface area contributed by atoms with Crippen LogP contribution in [0.2, 0.25) is 0 Å². The van der Waals surface area contributed by atoms with E-state index in [0.29, 0.717) is 34.1 Å². The Hall–Kier alpha value is -3.37. The molecule has 202 valence electrons. The third-order valence-electron chi connectivity index (χ3n) is 7.40. The number of carbonyl (C=O) groups is 1. The highest BCUT2D eigenvalue weighted by Crippen LogP contribution is 2.28. The lowest BCUT2D eigenvalue weighted by atomic mass is 10.00. The Balaban J connectivity index is 1.37. The maximum Gasteiger partial charge on any atom is 0.254 e. The van der Waals surface area contributed by atoms with Crippen LogP contribution in [-0.2, 0) is 4.74 Å². The van der Waals surface area contributed by atoms with Gasteiger partial charge in [-0.05, 0) is 63.8 Å². The van der Waals surface area contributed by atoms with Crippen LogP contribution in [0.15, 0.2) is 36.8 Å². The van der Waals surface area contributed by atoms with Crippen LogP contribution in [0.5, 0.6) is 0 Å². The lowest BCUT2D eigenvalue weighted by Crippen LogP contribution is -2.52. The summed E-state index contributed by atoms with van der Waals surface area (Å²) in [5.74, 6) is -1.64. The van der Waals surface area contributed by atoms with Crippen LogP contribution in [-0.4, -0.2) is 70.0 Å². The van der Waals surface area contributed by atoms with Crippen LogP contribution in [0.4, 0.5) is 14.5 Å². The van der Waals surface area contributed by atoms with Crippen molar-refractivity contribution in [2.75, 3.05) is 25.5 Å². The minimum Gasteiger partial charge on any atom is -0.378 e. The maximum absolute atomic E-state index is 14.8. The van der Waals surface area contributed by atoms with E-state index < -0.39 is 17.7 Å². The van der Waals surface area contributed by atoms with Gasteiger partial charge in [0.05, 0.1) is 41.5 Å². The number of rotatable bonds is 8. The molecular formula is C28H34F2N6O2. The molecule has 2 aromatic heterocycles. The average molecular weight is 525 g/mol. The first-order valence-corrected chi connectivity index (χ1v) is 13.1. The monoisotopic (exact) mass is 524 g/mol. The molecule has 3 aromatic rings. The number of nitrogens with one attached hydrogen (secondary N) is 2. The van der Waals surface area contributed by atoms with Crippen molar-refractivity contribution in [2.24, 2.45) is 0 Å². The molecular weight excluding hydrogens is 490 g/mol. The van der Waals surface area contributed by atoms with Crippen molar-refractivity contribution >= 4 is 11.6 Å². The van der Waals surface area contributed by atoms with Crippen LogP contribution < -0.4 is 10.6 Å². The number of piperidine rings is 1. The summed E-state index contributed by atoms with van der Waals surface area (Å²) in [6.45, 7) is 7.85. The van der Waals surface area contributed by atoms with Gasteiger partial charge >= 0.3 is 0 Å². The zero-order chi connectivity index (χ0) is 27.0. The predicted octanol–water partition coefficient (Wildman–Crippen LogP) is 4.32. The van der Waals surface area contributed by atoms with Gasteiger partial charge in [-0.1, -0.05) is 0 Å². The van der Waals surface area contributed by atoms with Crippen molar-refractivity contribution < 1.29 is 18.3 Å².